The van der Waals surface area contributed by atoms with E-state index in [2.05, 4.69) is 9.98 Å². The molecule has 2 aromatic rings. The van der Waals surface area contributed by atoms with E-state index < -0.39 is 58.7 Å². The van der Waals surface area contributed by atoms with Gasteiger partial charge in [-0.2, -0.15) is 5.26 Å². The van der Waals surface area contributed by atoms with Crippen molar-refractivity contribution in [2.24, 2.45) is 16.6 Å². The highest BCUT2D eigenvalue weighted by Gasteiger charge is 2.72. The van der Waals surface area contributed by atoms with Crippen molar-refractivity contribution in [1.82, 2.24) is 4.98 Å². The fourth-order valence-corrected chi connectivity index (χ4v) is 5.70. The standard InChI is InChI=1S/C22H17F5N4OS/c1-10-2-12(7-28)8-30-18(10)15(32)5-11-3-13(17(25)14(24)4-11)21(9-23)16-6-22(16,19(26)27)33-20(29)31-21/h2-4,8,16,19H,5-6,9H2,1H3,(H2,29,31)/t16-,21+,22-/m0/s1. The van der Waals surface area contributed by atoms with Crippen LogP contribution in [0.1, 0.15) is 39.2 Å². The number of aromatic nitrogens is 1. The molecule has 1 aromatic heterocycles. The van der Waals surface area contributed by atoms with Crippen molar-refractivity contribution in [3.05, 3.63) is 64.0 Å². The Hall–Kier alpha value is -3.00. The van der Waals surface area contributed by atoms with Crippen LogP contribution in [0, 0.1) is 35.8 Å². The van der Waals surface area contributed by atoms with Gasteiger partial charge in [0, 0.05) is 24.1 Å². The Labute approximate surface area is 189 Å². The monoisotopic (exact) mass is 480 g/mol. The summed E-state index contributed by atoms with van der Waals surface area (Å²) >= 11 is 0.620. The van der Waals surface area contributed by atoms with E-state index in [0.717, 1.165) is 12.1 Å². The summed E-state index contributed by atoms with van der Waals surface area (Å²) in [7, 11) is 0. The van der Waals surface area contributed by atoms with Gasteiger partial charge in [-0.1, -0.05) is 11.8 Å². The molecule has 33 heavy (non-hydrogen) atoms. The predicted octanol–water partition coefficient (Wildman–Crippen LogP) is 4.22. The van der Waals surface area contributed by atoms with Gasteiger partial charge in [0.15, 0.2) is 22.6 Å². The summed E-state index contributed by atoms with van der Waals surface area (Å²) in [5.41, 5.74) is 3.75. The minimum atomic E-state index is -2.87. The lowest BCUT2D eigenvalue weighted by molar-refractivity contribution is 0.0987. The molecule has 1 saturated carbocycles. The van der Waals surface area contributed by atoms with Crippen LogP contribution in [-0.2, 0) is 12.0 Å². The van der Waals surface area contributed by atoms with Gasteiger partial charge in [0.05, 0.1) is 10.3 Å². The normalized spacial score (nSPS) is 25.9. The van der Waals surface area contributed by atoms with Gasteiger partial charge in [-0.25, -0.2) is 26.9 Å². The zero-order valence-electron chi connectivity index (χ0n) is 17.2. The molecule has 1 fully saturated rings. The quantitative estimate of drug-likeness (QED) is 0.494. The Kier molecular flexibility index (Phi) is 5.68. The van der Waals surface area contributed by atoms with Crippen molar-refractivity contribution in [3.63, 3.8) is 0 Å². The Balaban J connectivity index is 1.75. The van der Waals surface area contributed by atoms with Crippen molar-refractivity contribution < 1.29 is 26.7 Å². The van der Waals surface area contributed by atoms with Crippen LogP contribution >= 0.6 is 11.8 Å². The number of halogens is 5. The lowest BCUT2D eigenvalue weighted by Gasteiger charge is -2.35. The highest BCUT2D eigenvalue weighted by molar-refractivity contribution is 8.15. The maximum atomic E-state index is 14.9. The molecule has 0 spiro atoms. The number of nitrogens with two attached hydrogens (primary N) is 1. The summed E-state index contributed by atoms with van der Waals surface area (Å²) in [4.78, 5) is 20.7. The van der Waals surface area contributed by atoms with Crippen LogP contribution in [-0.4, -0.2) is 33.8 Å². The Morgan fingerprint density at radius 2 is 2.09 bits per heavy atom. The fourth-order valence-electron chi connectivity index (χ4n) is 4.43. The van der Waals surface area contributed by atoms with Crippen molar-refractivity contribution in [2.75, 3.05) is 6.67 Å². The van der Waals surface area contributed by atoms with Gasteiger partial charge in [-0.05, 0) is 42.7 Å². The van der Waals surface area contributed by atoms with Crippen LogP contribution in [0.3, 0.4) is 0 Å². The first-order valence-electron chi connectivity index (χ1n) is 9.84. The van der Waals surface area contributed by atoms with Crippen molar-refractivity contribution in [2.45, 2.75) is 36.5 Å². The lowest BCUT2D eigenvalue weighted by Crippen LogP contribution is -2.42. The SMILES string of the molecule is Cc1cc(C#N)cnc1C(=O)Cc1cc(F)c(F)c([C@@]2(CF)N=C(N)S[C@@]3(C(F)F)C[C@@H]23)c1. The third-order valence-electron chi connectivity index (χ3n) is 6.10. The number of hydrogen-bond acceptors (Lipinski definition) is 6. The van der Waals surface area contributed by atoms with Crippen molar-refractivity contribution >= 4 is 22.7 Å². The van der Waals surface area contributed by atoms with Gasteiger partial charge < -0.3 is 5.73 Å². The van der Waals surface area contributed by atoms with Crippen LogP contribution in [0.2, 0.25) is 0 Å². The van der Waals surface area contributed by atoms with Crippen LogP contribution < -0.4 is 5.73 Å². The fraction of sp³-hybridized carbons (Fsp3) is 0.364. The number of benzene rings is 1. The summed E-state index contributed by atoms with van der Waals surface area (Å²) in [6.45, 7) is 0.210. The largest absolute Gasteiger partial charge is 0.378 e. The molecule has 2 N–H and O–H groups in total. The van der Waals surface area contributed by atoms with Gasteiger partial charge in [-0.3, -0.25) is 9.78 Å². The zero-order chi connectivity index (χ0) is 24.1. The summed E-state index contributed by atoms with van der Waals surface area (Å²) in [6.07, 6.45) is -2.23. The summed E-state index contributed by atoms with van der Waals surface area (Å²) < 4.78 is 69.5. The number of rotatable bonds is 6. The molecule has 2 heterocycles. The van der Waals surface area contributed by atoms with E-state index in [4.69, 9.17) is 11.0 Å². The van der Waals surface area contributed by atoms with E-state index in [-0.39, 0.29) is 28.4 Å². The number of carbonyl (C=O) groups excluding carboxylic acids is 1. The van der Waals surface area contributed by atoms with Gasteiger partial charge in [0.1, 0.15) is 24.0 Å². The molecule has 5 nitrogen and oxygen atoms in total. The molecule has 2 aliphatic rings. The molecule has 0 unspecified atom stereocenters. The zero-order valence-corrected chi connectivity index (χ0v) is 18.0. The maximum Gasteiger partial charge on any atom is 0.253 e. The second-order valence-corrected chi connectivity index (χ2v) is 9.55. The molecule has 1 aliphatic heterocycles. The number of hydrogen-bond donors (Lipinski definition) is 1. The molecule has 3 atom stereocenters. The topological polar surface area (TPSA) is 92.1 Å². The third kappa shape index (κ3) is 3.66. The number of amidine groups is 1. The number of Topliss-reactive ketones (excluding diaryl/α,β-unsaturated/α-hetero) is 1. The first-order valence-corrected chi connectivity index (χ1v) is 10.7. The number of nitriles is 1. The minimum absolute atomic E-state index is 0.00239. The minimum Gasteiger partial charge on any atom is -0.378 e. The molecule has 4 rings (SSSR count). The van der Waals surface area contributed by atoms with E-state index >= 15 is 0 Å². The van der Waals surface area contributed by atoms with Gasteiger partial charge in [-0.15, -0.1) is 0 Å². The van der Waals surface area contributed by atoms with Crippen LogP contribution in [0.25, 0.3) is 0 Å². The molecular weight excluding hydrogens is 463 g/mol. The number of aryl methyl sites for hydroxylation is 1. The van der Waals surface area contributed by atoms with E-state index in [1.807, 2.05) is 6.07 Å². The maximum absolute atomic E-state index is 14.9. The van der Waals surface area contributed by atoms with Crippen molar-refractivity contribution in [3.8, 4) is 6.07 Å². The Bertz CT molecular complexity index is 1230. The number of carbonyl (C=O) groups is 1. The molecule has 11 heteroatoms. The number of alkyl halides is 3. The van der Waals surface area contributed by atoms with Gasteiger partial charge in [0.25, 0.3) is 6.43 Å². The van der Waals surface area contributed by atoms with E-state index in [1.165, 1.54) is 12.3 Å². The van der Waals surface area contributed by atoms with Gasteiger partial charge in [0.2, 0.25) is 0 Å². The Morgan fingerprint density at radius 3 is 2.70 bits per heavy atom. The second kappa shape index (κ2) is 8.09. The predicted molar refractivity (Wildman–Crippen MR) is 112 cm³/mol. The number of fused-ring (bicyclic) bond motifs is 1. The first kappa shape index (κ1) is 23.2. The number of thioether (sulfide) groups is 1. The molecule has 172 valence electrons. The summed E-state index contributed by atoms with van der Waals surface area (Å²) in [6, 6.07) is 5.23. The number of aliphatic imine (C=N–C) groups is 1. The van der Waals surface area contributed by atoms with E-state index in [0.29, 0.717) is 17.3 Å². The highest BCUT2D eigenvalue weighted by Crippen LogP contribution is 2.68. The summed E-state index contributed by atoms with van der Waals surface area (Å²) in [5, 5.41) is 8.60. The Morgan fingerprint density at radius 1 is 1.36 bits per heavy atom. The first-order chi connectivity index (χ1) is 15.6. The van der Waals surface area contributed by atoms with E-state index in [1.54, 1.807) is 6.92 Å². The van der Waals surface area contributed by atoms with Gasteiger partial charge >= 0.3 is 0 Å². The molecule has 0 bridgehead atoms. The molecule has 1 aromatic carbocycles. The second-order valence-electron chi connectivity index (χ2n) is 8.16. The molecule has 0 saturated heterocycles. The summed E-state index contributed by atoms with van der Waals surface area (Å²) in [5.74, 6) is -4.41. The highest BCUT2D eigenvalue weighted by atomic mass is 32.2. The van der Waals surface area contributed by atoms with Crippen molar-refractivity contribution in [1.29, 1.82) is 5.26 Å². The average Bonchev–Trinajstić information content (AvgIpc) is 3.51. The smallest absolute Gasteiger partial charge is 0.253 e. The molecular formula is C22H17F5N4OS. The third-order valence-corrected chi connectivity index (χ3v) is 7.41. The van der Waals surface area contributed by atoms with Crippen LogP contribution in [0.15, 0.2) is 29.4 Å². The number of ketones is 1. The van der Waals surface area contributed by atoms with E-state index in [9.17, 15) is 26.7 Å². The molecule has 1 aliphatic carbocycles. The van der Waals surface area contributed by atoms with Crippen LogP contribution in [0.4, 0.5) is 22.0 Å². The lowest BCUT2D eigenvalue weighted by atomic mass is 9.83. The average molecular weight is 480 g/mol. The molecule has 0 amide bonds. The van der Waals surface area contributed by atoms with Crippen LogP contribution in [0.5, 0.6) is 0 Å². The number of pyridine rings is 1. The molecule has 0 radical (unpaired) electrons. The number of nitrogens with zero attached hydrogens (tertiary/aromatic N) is 3.